The van der Waals surface area contributed by atoms with Gasteiger partial charge in [0, 0.05) is 47.1 Å². The number of fused-ring (bicyclic) bond motifs is 5. The van der Waals surface area contributed by atoms with Crippen LogP contribution in [0.1, 0.15) is 13.8 Å². The van der Waals surface area contributed by atoms with Crippen LogP contribution in [-0.4, -0.2) is 23.1 Å². The van der Waals surface area contributed by atoms with Crippen molar-refractivity contribution in [2.45, 2.75) is 13.8 Å². The van der Waals surface area contributed by atoms with E-state index in [9.17, 15) is 0 Å². The van der Waals surface area contributed by atoms with E-state index in [1.54, 1.807) is 0 Å². The van der Waals surface area contributed by atoms with Crippen molar-refractivity contribution < 1.29 is 4.42 Å². The van der Waals surface area contributed by atoms with Gasteiger partial charge in [-0.3, -0.25) is 0 Å². The molecule has 0 unspecified atom stereocenters. The Morgan fingerprint density at radius 2 is 1.56 bits per heavy atom. The lowest BCUT2D eigenvalue weighted by atomic mass is 10.0. The Morgan fingerprint density at radius 1 is 0.765 bits per heavy atom. The summed E-state index contributed by atoms with van der Waals surface area (Å²) >= 11 is 0. The van der Waals surface area contributed by atoms with Gasteiger partial charge in [-0.15, -0.1) is 0 Å². The highest BCUT2D eigenvalue weighted by Gasteiger charge is 2.16. The van der Waals surface area contributed by atoms with Crippen LogP contribution >= 0.6 is 0 Å². The molecule has 1 aromatic heterocycles. The highest BCUT2D eigenvalue weighted by Crippen LogP contribution is 2.32. The van der Waals surface area contributed by atoms with Crippen molar-refractivity contribution in [2.24, 2.45) is 4.99 Å². The molecule has 0 amide bonds. The summed E-state index contributed by atoms with van der Waals surface area (Å²) in [5, 5.41) is 3.94. The van der Waals surface area contributed by atoms with Gasteiger partial charge in [-0.2, -0.15) is 0 Å². The van der Waals surface area contributed by atoms with E-state index in [1.807, 2.05) is 48.5 Å². The zero-order chi connectivity index (χ0) is 23.1. The molecule has 6 rings (SSSR count). The number of nitrogens with zero attached hydrogens (tertiary/aromatic N) is 4. The van der Waals surface area contributed by atoms with Crippen LogP contribution in [0.5, 0.6) is 0 Å². The quantitative estimate of drug-likeness (QED) is 0.224. The molecule has 3 aromatic carbocycles. The number of anilines is 1. The summed E-state index contributed by atoms with van der Waals surface area (Å²) in [4.78, 5) is 16.9. The van der Waals surface area contributed by atoms with Crippen molar-refractivity contribution >= 4 is 44.3 Å². The van der Waals surface area contributed by atoms with Crippen LogP contribution in [-0.2, 0) is 0 Å². The van der Waals surface area contributed by atoms with Crippen LogP contribution < -0.4 is 10.3 Å². The molecule has 0 atom stereocenters. The molecule has 0 fully saturated rings. The molecule has 0 N–H and O–H groups in total. The van der Waals surface area contributed by atoms with Gasteiger partial charge in [-0.05, 0) is 44.2 Å². The Labute approximate surface area is 197 Å². The number of hydrogen-bond donors (Lipinski definition) is 0. The lowest BCUT2D eigenvalue weighted by Gasteiger charge is -2.21. The zero-order valence-corrected chi connectivity index (χ0v) is 19.2. The second kappa shape index (κ2) is 8.27. The molecule has 0 spiro atoms. The Morgan fingerprint density at radius 3 is 2.41 bits per heavy atom. The van der Waals surface area contributed by atoms with Gasteiger partial charge in [0.25, 0.3) is 0 Å². The van der Waals surface area contributed by atoms with Gasteiger partial charge in [-0.1, -0.05) is 42.5 Å². The van der Waals surface area contributed by atoms with E-state index in [4.69, 9.17) is 19.4 Å². The van der Waals surface area contributed by atoms with Gasteiger partial charge in [0.15, 0.2) is 17.2 Å². The normalized spacial score (nSPS) is 12.2. The monoisotopic (exact) mass is 444 g/mol. The lowest BCUT2D eigenvalue weighted by molar-refractivity contribution is 0.613. The van der Waals surface area contributed by atoms with Crippen molar-refractivity contribution in [2.75, 3.05) is 18.0 Å². The molecule has 1 aliphatic carbocycles. The molecule has 4 aromatic rings. The van der Waals surface area contributed by atoms with Gasteiger partial charge in [0.1, 0.15) is 11.2 Å². The molecule has 5 heteroatoms. The van der Waals surface area contributed by atoms with Crippen LogP contribution in [0.15, 0.2) is 94.3 Å². The summed E-state index contributed by atoms with van der Waals surface area (Å²) < 4.78 is 6.41. The molecular formula is C29H24N4O. The second-order valence-corrected chi connectivity index (χ2v) is 8.30. The van der Waals surface area contributed by atoms with Crippen LogP contribution in [0.2, 0.25) is 0 Å². The molecule has 166 valence electrons. The predicted octanol–water partition coefficient (Wildman–Crippen LogP) is 6.71. The highest BCUT2D eigenvalue weighted by molar-refractivity contribution is 5.96. The third-order valence-electron chi connectivity index (χ3n) is 6.30. The summed E-state index contributed by atoms with van der Waals surface area (Å²) in [6, 6.07) is 28.5. The highest BCUT2D eigenvalue weighted by atomic mass is 16.3. The van der Waals surface area contributed by atoms with Gasteiger partial charge in [-0.25, -0.2) is 15.0 Å². The summed E-state index contributed by atoms with van der Waals surface area (Å²) in [5.41, 5.74) is 4.50. The topological polar surface area (TPSA) is 54.5 Å². The molecule has 0 radical (unpaired) electrons. The first-order valence-corrected chi connectivity index (χ1v) is 11.7. The minimum absolute atomic E-state index is 0.667. The van der Waals surface area contributed by atoms with Crippen molar-refractivity contribution in [1.82, 2.24) is 9.97 Å². The lowest BCUT2D eigenvalue weighted by Crippen LogP contribution is -2.21. The Balaban J connectivity index is 1.60. The van der Waals surface area contributed by atoms with E-state index < -0.39 is 0 Å². The smallest absolute Gasteiger partial charge is 0.155 e. The number of pyridine rings is 1. The largest absolute Gasteiger partial charge is 0.453 e. The van der Waals surface area contributed by atoms with Gasteiger partial charge >= 0.3 is 0 Å². The molecule has 0 saturated heterocycles. The summed E-state index contributed by atoms with van der Waals surface area (Å²) in [5.74, 6) is 1.38. The third kappa shape index (κ3) is 3.46. The molecule has 0 bridgehead atoms. The molecule has 0 saturated carbocycles. The summed E-state index contributed by atoms with van der Waals surface area (Å²) in [6.45, 7) is 6.19. The maximum absolute atomic E-state index is 6.41. The van der Waals surface area contributed by atoms with Gasteiger partial charge < -0.3 is 9.32 Å². The molecule has 34 heavy (non-hydrogen) atoms. The van der Waals surface area contributed by atoms with E-state index in [1.165, 1.54) is 0 Å². The maximum atomic E-state index is 6.41. The molecule has 5 nitrogen and oxygen atoms in total. The minimum Gasteiger partial charge on any atom is -0.453 e. The maximum Gasteiger partial charge on any atom is 0.155 e. The number of rotatable bonds is 4. The zero-order valence-electron chi connectivity index (χ0n) is 19.2. The van der Waals surface area contributed by atoms with E-state index in [0.29, 0.717) is 11.6 Å². The van der Waals surface area contributed by atoms with Crippen LogP contribution in [0, 0.1) is 0 Å². The van der Waals surface area contributed by atoms with E-state index in [-0.39, 0.29) is 0 Å². The average molecular weight is 445 g/mol. The minimum atomic E-state index is 0.667. The second-order valence-electron chi connectivity index (χ2n) is 8.30. The number of para-hydroxylation sites is 1. The number of aromatic nitrogens is 2. The predicted molar refractivity (Wildman–Crippen MR) is 139 cm³/mol. The first-order chi connectivity index (χ1) is 16.7. The SMILES string of the molecule is CCN(CC)c1ccc2nc3c4ccccc4c(=Nc4ccc5ccccc5n4)cc-3oc2c1. The van der Waals surface area contributed by atoms with Gasteiger partial charge in [0.2, 0.25) is 0 Å². The van der Waals surface area contributed by atoms with Crippen LogP contribution in [0.4, 0.5) is 11.5 Å². The van der Waals surface area contributed by atoms with Gasteiger partial charge in [0.05, 0.1) is 10.9 Å². The van der Waals surface area contributed by atoms with E-state index in [0.717, 1.165) is 62.6 Å². The Hall–Kier alpha value is -4.25. The number of hydrogen-bond acceptors (Lipinski definition) is 5. The Kier molecular flexibility index (Phi) is 4.95. The van der Waals surface area contributed by atoms with Crippen LogP contribution in [0.3, 0.4) is 0 Å². The van der Waals surface area contributed by atoms with Crippen molar-refractivity contribution in [3.05, 3.63) is 90.3 Å². The first-order valence-electron chi connectivity index (χ1n) is 11.7. The average Bonchev–Trinajstić information content (AvgIpc) is 2.88. The summed E-state index contributed by atoms with van der Waals surface area (Å²) in [6.07, 6.45) is 0. The van der Waals surface area contributed by atoms with E-state index in [2.05, 4.69) is 55.1 Å². The van der Waals surface area contributed by atoms with E-state index >= 15 is 0 Å². The molecule has 2 aliphatic rings. The Bertz CT molecular complexity index is 1700. The van der Waals surface area contributed by atoms with Crippen molar-refractivity contribution in [3.8, 4) is 11.5 Å². The fourth-order valence-corrected chi connectivity index (χ4v) is 4.54. The number of benzene rings is 4. The third-order valence-corrected chi connectivity index (χ3v) is 6.30. The fourth-order valence-electron chi connectivity index (χ4n) is 4.54. The van der Waals surface area contributed by atoms with Crippen molar-refractivity contribution in [1.29, 1.82) is 0 Å². The standard InChI is InChI=1S/C29H24N4O/c1-3-33(4-2)20-14-15-24-26(17-20)34-27-18-25(21-10-6-7-11-22(21)29(27)32-24)31-28-16-13-19-9-5-8-12-23(19)30-28/h5-18H,3-4H2,1-2H3. The first kappa shape index (κ1) is 20.4. The molecular weight excluding hydrogens is 420 g/mol. The van der Waals surface area contributed by atoms with Crippen LogP contribution in [0.25, 0.3) is 44.2 Å². The van der Waals surface area contributed by atoms with Crippen molar-refractivity contribution in [3.63, 3.8) is 0 Å². The fraction of sp³-hybridized carbons (Fsp3) is 0.138. The molecule has 1 aliphatic heterocycles. The molecule has 2 heterocycles. The summed E-state index contributed by atoms with van der Waals surface area (Å²) in [7, 11) is 0.